The maximum Gasteiger partial charge on any atom is 0.341 e. The van der Waals surface area contributed by atoms with Gasteiger partial charge in [0.15, 0.2) is 0 Å². The smallest absolute Gasteiger partial charge is 0.341 e. The van der Waals surface area contributed by atoms with Crippen LogP contribution in [0.1, 0.15) is 64.3 Å². The van der Waals surface area contributed by atoms with Crippen LogP contribution in [0.4, 0.5) is 5.00 Å². The molecule has 1 N–H and O–H groups in total. The van der Waals surface area contributed by atoms with E-state index in [1.54, 1.807) is 25.1 Å². The summed E-state index contributed by atoms with van der Waals surface area (Å²) in [5, 5.41) is 3.51. The lowest BCUT2D eigenvalue weighted by Crippen LogP contribution is -2.16. The van der Waals surface area contributed by atoms with Crippen LogP contribution >= 0.6 is 27.3 Å². The average Bonchev–Trinajstić information content (AvgIpc) is 3.05. The normalized spacial score (nSPS) is 13.0. The number of benzene rings is 1. The number of hydrogen-bond donors (Lipinski definition) is 1. The van der Waals surface area contributed by atoms with E-state index in [9.17, 15) is 9.59 Å². The number of halogens is 1. The second kappa shape index (κ2) is 9.56. The fourth-order valence-corrected chi connectivity index (χ4v) is 4.99. The molecule has 1 aliphatic carbocycles. The zero-order chi connectivity index (χ0) is 20.1. The zero-order valence-corrected chi connectivity index (χ0v) is 18.5. The van der Waals surface area contributed by atoms with Crippen LogP contribution in [-0.4, -0.2) is 25.1 Å². The predicted octanol–water partition coefficient (Wildman–Crippen LogP) is 5.61. The lowest BCUT2D eigenvalue weighted by Gasteiger charge is -2.12. The van der Waals surface area contributed by atoms with Crippen LogP contribution < -0.4 is 10.1 Å². The Balaban J connectivity index is 1.85. The van der Waals surface area contributed by atoms with Crippen molar-refractivity contribution in [3.63, 3.8) is 0 Å². The lowest BCUT2D eigenvalue weighted by molar-refractivity contribution is 0.0526. The summed E-state index contributed by atoms with van der Waals surface area (Å²) in [5.74, 6) is 0.0887. The van der Waals surface area contributed by atoms with Crippen LogP contribution in [0, 0.1) is 0 Å². The summed E-state index contributed by atoms with van der Waals surface area (Å²) in [7, 11) is 0. The maximum atomic E-state index is 12.8. The molecule has 0 atom stereocenters. The number of aryl methyl sites for hydroxylation is 1. The molecule has 7 heteroatoms. The number of amides is 1. The van der Waals surface area contributed by atoms with Crippen molar-refractivity contribution < 1.29 is 19.1 Å². The van der Waals surface area contributed by atoms with Gasteiger partial charge in [0.05, 0.1) is 23.2 Å². The number of thiophene rings is 1. The van der Waals surface area contributed by atoms with Crippen molar-refractivity contribution in [2.75, 3.05) is 18.5 Å². The van der Waals surface area contributed by atoms with Gasteiger partial charge >= 0.3 is 5.97 Å². The molecule has 1 aliphatic rings. The van der Waals surface area contributed by atoms with E-state index < -0.39 is 0 Å². The molecule has 0 saturated carbocycles. The van der Waals surface area contributed by atoms with E-state index >= 15 is 0 Å². The van der Waals surface area contributed by atoms with Crippen LogP contribution in [0.15, 0.2) is 22.7 Å². The highest BCUT2D eigenvalue weighted by molar-refractivity contribution is 9.10. The van der Waals surface area contributed by atoms with Gasteiger partial charge < -0.3 is 14.8 Å². The van der Waals surface area contributed by atoms with Crippen LogP contribution in [0.2, 0.25) is 0 Å². The third-order valence-electron chi connectivity index (χ3n) is 4.53. The van der Waals surface area contributed by atoms with Gasteiger partial charge in [-0.05, 0) is 78.7 Å². The average molecular weight is 466 g/mol. The molecule has 0 spiro atoms. The third kappa shape index (κ3) is 4.58. The van der Waals surface area contributed by atoms with E-state index in [0.29, 0.717) is 35.1 Å². The molecular weight excluding hydrogens is 442 g/mol. The summed E-state index contributed by atoms with van der Waals surface area (Å²) in [6.45, 7) is 4.75. The Morgan fingerprint density at radius 3 is 2.71 bits per heavy atom. The molecular formula is C21H24BrNO4S. The minimum absolute atomic E-state index is 0.258. The van der Waals surface area contributed by atoms with Crippen LogP contribution in [-0.2, 0) is 17.6 Å². The first kappa shape index (κ1) is 20.9. The van der Waals surface area contributed by atoms with E-state index in [-0.39, 0.29) is 11.9 Å². The third-order valence-corrected chi connectivity index (χ3v) is 6.36. The molecule has 0 saturated heterocycles. The number of carbonyl (C=O) groups is 2. The van der Waals surface area contributed by atoms with Gasteiger partial charge in [-0.3, -0.25) is 4.79 Å². The fourth-order valence-electron chi connectivity index (χ4n) is 3.22. The standard InChI is InChI=1S/C21H24BrNO4S/c1-3-11-27-16-10-9-13(12-15(16)22)19(24)23-20-18(21(25)26-4-2)14-7-5-6-8-17(14)28-20/h9-10,12H,3-8,11H2,1-2H3,(H,23,24). The molecule has 150 valence electrons. The molecule has 3 rings (SSSR count). The second-order valence-corrected chi connectivity index (χ2v) is 8.54. The Kier molecular flexibility index (Phi) is 7.13. The Bertz CT molecular complexity index is 878. The molecule has 1 aromatic carbocycles. The van der Waals surface area contributed by atoms with E-state index in [4.69, 9.17) is 9.47 Å². The number of anilines is 1. The number of rotatable bonds is 7. The number of esters is 1. The molecule has 2 aromatic rings. The molecule has 0 unspecified atom stereocenters. The summed E-state index contributed by atoms with van der Waals surface area (Å²) in [6.07, 6.45) is 4.86. The van der Waals surface area contributed by atoms with E-state index in [0.717, 1.165) is 42.1 Å². The summed E-state index contributed by atoms with van der Waals surface area (Å²) >= 11 is 4.95. The fraction of sp³-hybridized carbons (Fsp3) is 0.429. The Morgan fingerprint density at radius 2 is 2.00 bits per heavy atom. The Labute approximate surface area is 177 Å². The molecule has 0 radical (unpaired) electrons. The number of nitrogens with one attached hydrogen (secondary N) is 1. The van der Waals surface area contributed by atoms with Gasteiger partial charge in [0, 0.05) is 10.4 Å². The van der Waals surface area contributed by atoms with Gasteiger partial charge in [0.2, 0.25) is 0 Å². The number of fused-ring (bicyclic) bond motifs is 1. The van der Waals surface area contributed by atoms with Gasteiger partial charge in [-0.25, -0.2) is 4.79 Å². The summed E-state index contributed by atoms with van der Waals surface area (Å²) in [4.78, 5) is 26.5. The van der Waals surface area contributed by atoms with Crippen LogP contribution in [0.3, 0.4) is 0 Å². The number of carbonyl (C=O) groups excluding carboxylic acids is 2. The van der Waals surface area contributed by atoms with Crippen molar-refractivity contribution in [2.24, 2.45) is 0 Å². The zero-order valence-electron chi connectivity index (χ0n) is 16.1. The highest BCUT2D eigenvalue weighted by Gasteiger charge is 2.27. The van der Waals surface area contributed by atoms with E-state index in [1.807, 2.05) is 6.92 Å². The van der Waals surface area contributed by atoms with Crippen molar-refractivity contribution in [2.45, 2.75) is 46.0 Å². The summed E-state index contributed by atoms with van der Waals surface area (Å²) in [6, 6.07) is 5.24. The van der Waals surface area contributed by atoms with Gasteiger partial charge in [-0.1, -0.05) is 6.92 Å². The lowest BCUT2D eigenvalue weighted by atomic mass is 9.95. The quantitative estimate of drug-likeness (QED) is 0.539. The molecule has 28 heavy (non-hydrogen) atoms. The first-order valence-electron chi connectivity index (χ1n) is 9.60. The predicted molar refractivity (Wildman–Crippen MR) is 115 cm³/mol. The van der Waals surface area contributed by atoms with Crippen molar-refractivity contribution >= 4 is 44.1 Å². The monoisotopic (exact) mass is 465 g/mol. The first-order valence-corrected chi connectivity index (χ1v) is 11.2. The molecule has 0 bridgehead atoms. The first-order chi connectivity index (χ1) is 13.5. The minimum atomic E-state index is -0.360. The molecule has 1 heterocycles. The van der Waals surface area contributed by atoms with Crippen molar-refractivity contribution in [1.82, 2.24) is 0 Å². The Hall–Kier alpha value is -1.86. The van der Waals surface area contributed by atoms with E-state index in [2.05, 4.69) is 21.2 Å². The summed E-state index contributed by atoms with van der Waals surface area (Å²) in [5.41, 5.74) is 2.06. The number of hydrogen-bond acceptors (Lipinski definition) is 5. The highest BCUT2D eigenvalue weighted by atomic mass is 79.9. The SMILES string of the molecule is CCCOc1ccc(C(=O)Nc2sc3c(c2C(=O)OCC)CCCC3)cc1Br. The summed E-state index contributed by atoms with van der Waals surface area (Å²) < 4.78 is 11.6. The largest absolute Gasteiger partial charge is 0.492 e. The topological polar surface area (TPSA) is 64.6 Å². The second-order valence-electron chi connectivity index (χ2n) is 6.58. The van der Waals surface area contributed by atoms with Gasteiger partial charge in [0.1, 0.15) is 10.8 Å². The maximum absolute atomic E-state index is 12.8. The van der Waals surface area contributed by atoms with Crippen molar-refractivity contribution in [3.8, 4) is 5.75 Å². The van der Waals surface area contributed by atoms with E-state index in [1.165, 1.54) is 16.2 Å². The molecule has 1 aromatic heterocycles. The molecule has 1 amide bonds. The van der Waals surface area contributed by atoms with Crippen molar-refractivity contribution in [1.29, 1.82) is 0 Å². The highest BCUT2D eigenvalue weighted by Crippen LogP contribution is 2.39. The minimum Gasteiger partial charge on any atom is -0.492 e. The van der Waals surface area contributed by atoms with Crippen molar-refractivity contribution in [3.05, 3.63) is 44.2 Å². The molecule has 5 nitrogen and oxygen atoms in total. The van der Waals surface area contributed by atoms with Crippen LogP contribution in [0.5, 0.6) is 5.75 Å². The van der Waals surface area contributed by atoms with Crippen LogP contribution in [0.25, 0.3) is 0 Å². The number of ether oxygens (including phenoxy) is 2. The van der Waals surface area contributed by atoms with Gasteiger partial charge in [-0.2, -0.15) is 0 Å². The van der Waals surface area contributed by atoms with Gasteiger partial charge in [0.25, 0.3) is 5.91 Å². The van der Waals surface area contributed by atoms with Gasteiger partial charge in [-0.15, -0.1) is 11.3 Å². The molecule has 0 fully saturated rings. The molecule has 0 aliphatic heterocycles. The Morgan fingerprint density at radius 1 is 1.21 bits per heavy atom.